The molecule has 0 aliphatic carbocycles. The van der Waals surface area contributed by atoms with Gasteiger partial charge in [-0.3, -0.25) is 0 Å². The van der Waals surface area contributed by atoms with Crippen molar-refractivity contribution in [3.8, 4) is 0 Å². The summed E-state index contributed by atoms with van der Waals surface area (Å²) in [6.45, 7) is 0.483. The molecule has 1 N–H and O–H groups in total. The highest BCUT2D eigenvalue weighted by molar-refractivity contribution is 9.14. The van der Waals surface area contributed by atoms with Gasteiger partial charge in [-0.2, -0.15) is 0 Å². The van der Waals surface area contributed by atoms with Crippen molar-refractivity contribution in [3.63, 3.8) is 0 Å². The van der Waals surface area contributed by atoms with Crippen molar-refractivity contribution in [2.75, 3.05) is 6.61 Å². The van der Waals surface area contributed by atoms with Crippen molar-refractivity contribution in [1.82, 2.24) is 0 Å². The molecule has 0 aromatic heterocycles. The van der Waals surface area contributed by atoms with Crippen molar-refractivity contribution in [1.29, 1.82) is 0 Å². The van der Waals surface area contributed by atoms with Crippen LogP contribution < -0.4 is 0 Å². The van der Waals surface area contributed by atoms with Gasteiger partial charge in [-0.15, -0.1) is 0 Å². The van der Waals surface area contributed by atoms with Crippen LogP contribution in [0.15, 0.2) is 35.8 Å². The van der Waals surface area contributed by atoms with Crippen molar-refractivity contribution in [3.05, 3.63) is 30.8 Å². The summed E-state index contributed by atoms with van der Waals surface area (Å²) in [5.41, 5.74) is 2.61. The summed E-state index contributed by atoms with van der Waals surface area (Å²) in [6, 6.07) is 0. The Morgan fingerprint density at radius 2 is 2.28 bits per heavy atom. The number of ether oxygens (including phenoxy) is 1. The second-order valence-corrected chi connectivity index (χ2v) is 6.90. The number of rotatable bonds is 1. The van der Waals surface area contributed by atoms with Crippen molar-refractivity contribution < 1.29 is 14.6 Å². The lowest BCUT2D eigenvalue weighted by molar-refractivity contribution is -0.129. The number of carboxylic acid groups (broad SMARTS) is 1. The molecular formula is C11H7BrClNO3S. The van der Waals surface area contributed by atoms with E-state index >= 15 is 0 Å². The number of hydrogen-bond donors (Lipinski definition) is 1. The van der Waals surface area contributed by atoms with Crippen LogP contribution in [-0.4, -0.2) is 23.4 Å². The van der Waals surface area contributed by atoms with E-state index in [2.05, 4.69) is 20.9 Å². The Hall–Kier alpha value is -0.720. The molecule has 3 aliphatic heterocycles. The summed E-state index contributed by atoms with van der Waals surface area (Å²) in [4.78, 5) is 15.3. The molecule has 0 saturated heterocycles. The molecule has 0 atom stereocenters. The van der Waals surface area contributed by atoms with Crippen molar-refractivity contribution >= 4 is 51.0 Å². The first-order chi connectivity index (χ1) is 8.58. The Balaban J connectivity index is 2.18. The molecule has 94 valence electrons. The highest BCUT2D eigenvalue weighted by Gasteiger charge is 2.35. The Bertz CT molecular complexity index is 591. The van der Waals surface area contributed by atoms with Gasteiger partial charge in [0.2, 0.25) is 0 Å². The fourth-order valence-corrected chi connectivity index (χ4v) is 4.18. The van der Waals surface area contributed by atoms with Crippen LogP contribution in [0.1, 0.15) is 12.8 Å². The molecule has 0 radical (unpaired) electrons. The fourth-order valence-electron chi connectivity index (χ4n) is 2.08. The molecule has 18 heavy (non-hydrogen) atoms. The van der Waals surface area contributed by atoms with Gasteiger partial charge in [-0.25, -0.2) is 9.79 Å². The van der Waals surface area contributed by atoms with Crippen LogP contribution in [0, 0.1) is 0 Å². The van der Waals surface area contributed by atoms with Gasteiger partial charge in [-0.05, 0) is 27.9 Å². The third kappa shape index (κ3) is 1.83. The maximum absolute atomic E-state index is 11.1. The van der Waals surface area contributed by atoms with E-state index < -0.39 is 5.97 Å². The van der Waals surface area contributed by atoms with Crippen LogP contribution in [0.2, 0.25) is 0 Å². The second kappa shape index (κ2) is 4.43. The van der Waals surface area contributed by atoms with Crippen LogP contribution in [0.25, 0.3) is 0 Å². The highest BCUT2D eigenvalue weighted by atomic mass is 79.9. The lowest BCUT2D eigenvalue weighted by atomic mass is 10.0. The number of carbonyl (C=O) groups is 1. The zero-order chi connectivity index (χ0) is 12.9. The quantitative estimate of drug-likeness (QED) is 0.789. The average molecular weight is 349 g/mol. The Labute approximate surface area is 121 Å². The van der Waals surface area contributed by atoms with E-state index in [0.29, 0.717) is 29.5 Å². The van der Waals surface area contributed by atoms with E-state index in [1.54, 1.807) is 0 Å². The maximum Gasteiger partial charge on any atom is 0.350 e. The van der Waals surface area contributed by atoms with Gasteiger partial charge in [0.25, 0.3) is 0 Å². The summed E-state index contributed by atoms with van der Waals surface area (Å²) >= 11 is 10.9. The van der Waals surface area contributed by atoms with Gasteiger partial charge in [0.05, 0.1) is 3.81 Å². The first-order valence-corrected chi connectivity index (χ1v) is 7.20. The van der Waals surface area contributed by atoms with E-state index in [9.17, 15) is 4.79 Å². The van der Waals surface area contributed by atoms with Gasteiger partial charge in [0.1, 0.15) is 28.1 Å². The van der Waals surface area contributed by atoms with E-state index in [1.165, 1.54) is 11.8 Å². The molecule has 0 aromatic carbocycles. The number of hydrogen-bond acceptors (Lipinski definition) is 4. The first-order valence-electron chi connectivity index (χ1n) is 5.21. The topological polar surface area (TPSA) is 58.9 Å². The van der Waals surface area contributed by atoms with E-state index in [-0.39, 0.29) is 5.71 Å². The van der Waals surface area contributed by atoms with Crippen LogP contribution in [-0.2, 0) is 9.53 Å². The predicted octanol–water partition coefficient (Wildman–Crippen LogP) is 3.35. The minimum absolute atomic E-state index is 0.149. The smallest absolute Gasteiger partial charge is 0.350 e. The lowest BCUT2D eigenvalue weighted by Gasteiger charge is -2.16. The molecule has 0 aromatic rings. The number of carboxylic acids is 1. The normalized spacial score (nSPS) is 22.7. The van der Waals surface area contributed by atoms with Gasteiger partial charge in [0, 0.05) is 12.0 Å². The molecule has 0 bridgehead atoms. The lowest BCUT2D eigenvalue weighted by Crippen LogP contribution is -2.13. The summed E-state index contributed by atoms with van der Waals surface area (Å²) in [5, 5.41) is 9.09. The molecule has 0 saturated carbocycles. The van der Waals surface area contributed by atoms with E-state index in [4.69, 9.17) is 21.4 Å². The SMILES string of the molecule is O=C(O)C1=NC2=C(Cl)SC(Br)=C3OCC(=C23)CC1. The van der Waals surface area contributed by atoms with Crippen molar-refractivity contribution in [2.24, 2.45) is 4.99 Å². The summed E-state index contributed by atoms with van der Waals surface area (Å²) in [7, 11) is 0. The third-order valence-electron chi connectivity index (χ3n) is 2.91. The van der Waals surface area contributed by atoms with Gasteiger partial charge >= 0.3 is 5.97 Å². The molecule has 7 heteroatoms. The molecule has 0 unspecified atom stereocenters. The fraction of sp³-hybridized carbons (Fsp3) is 0.273. The zero-order valence-corrected chi connectivity index (χ0v) is 12.2. The number of thioether (sulfide) groups is 1. The Kier molecular flexibility index (Phi) is 3.03. The molecule has 0 fully saturated rings. The van der Waals surface area contributed by atoms with E-state index in [1.807, 2.05) is 0 Å². The number of nitrogens with zero attached hydrogens (tertiary/aromatic N) is 1. The molecule has 4 nitrogen and oxygen atoms in total. The van der Waals surface area contributed by atoms with E-state index in [0.717, 1.165) is 20.7 Å². The number of aliphatic carboxylic acids is 1. The number of halogens is 2. The standard InChI is InChI=1S/C11H7BrClNO3S/c12-9-8-6-4(3-17-8)1-2-5(11(15)16)14-7(6)10(13)18-9/h1-3H2,(H,15,16). The van der Waals surface area contributed by atoms with Crippen LogP contribution >= 0.6 is 39.3 Å². The largest absolute Gasteiger partial charge is 0.487 e. The van der Waals surface area contributed by atoms with Crippen LogP contribution in [0.3, 0.4) is 0 Å². The monoisotopic (exact) mass is 347 g/mol. The molecule has 3 aliphatic rings. The third-order valence-corrected chi connectivity index (χ3v) is 4.90. The summed E-state index contributed by atoms with van der Waals surface area (Å²) < 4.78 is 6.90. The molecular weight excluding hydrogens is 342 g/mol. The van der Waals surface area contributed by atoms with Gasteiger partial charge < -0.3 is 9.84 Å². The minimum Gasteiger partial charge on any atom is -0.487 e. The second-order valence-electron chi connectivity index (χ2n) is 3.96. The average Bonchev–Trinajstić information content (AvgIpc) is 2.62. The summed E-state index contributed by atoms with van der Waals surface area (Å²) in [5.74, 6) is -0.265. The van der Waals surface area contributed by atoms with Crippen LogP contribution in [0.4, 0.5) is 0 Å². The van der Waals surface area contributed by atoms with Crippen LogP contribution in [0.5, 0.6) is 0 Å². The zero-order valence-electron chi connectivity index (χ0n) is 9.00. The number of aliphatic imine (C=N–C) groups is 1. The molecule has 3 heterocycles. The molecule has 0 spiro atoms. The highest BCUT2D eigenvalue weighted by Crippen LogP contribution is 2.51. The predicted molar refractivity (Wildman–Crippen MR) is 73.7 cm³/mol. The molecule has 0 amide bonds. The van der Waals surface area contributed by atoms with Gasteiger partial charge in [-0.1, -0.05) is 23.4 Å². The summed E-state index contributed by atoms with van der Waals surface area (Å²) in [6.07, 6.45) is 1.04. The first kappa shape index (κ1) is 12.3. The van der Waals surface area contributed by atoms with Gasteiger partial charge in [0.15, 0.2) is 0 Å². The Morgan fingerprint density at radius 1 is 1.50 bits per heavy atom. The maximum atomic E-state index is 11.1. The van der Waals surface area contributed by atoms with Crippen molar-refractivity contribution in [2.45, 2.75) is 12.8 Å². The minimum atomic E-state index is -0.991. The Morgan fingerprint density at radius 3 is 3.00 bits per heavy atom. The molecule has 3 rings (SSSR count).